The minimum Gasteiger partial charge on any atom is -0.454 e. The van der Waals surface area contributed by atoms with Gasteiger partial charge in [0.25, 0.3) is 0 Å². The van der Waals surface area contributed by atoms with Crippen molar-refractivity contribution in [3.8, 4) is 11.5 Å². The first-order valence-electron chi connectivity index (χ1n) is 8.59. The second kappa shape index (κ2) is 6.21. The molecule has 0 unspecified atom stereocenters. The lowest BCUT2D eigenvalue weighted by Crippen LogP contribution is -2.00. The molecule has 7 heteroatoms. The van der Waals surface area contributed by atoms with Crippen LogP contribution in [0.15, 0.2) is 54.7 Å². The maximum atomic E-state index is 5.40. The first-order valence-corrected chi connectivity index (χ1v) is 8.59. The average molecular weight is 359 g/mol. The van der Waals surface area contributed by atoms with Crippen molar-refractivity contribution < 1.29 is 9.47 Å². The number of H-pyrrole nitrogens is 1. The van der Waals surface area contributed by atoms with Crippen LogP contribution >= 0.6 is 0 Å². The second-order valence-corrected chi connectivity index (χ2v) is 6.34. The smallest absolute Gasteiger partial charge is 0.231 e. The van der Waals surface area contributed by atoms with Gasteiger partial charge in [-0.25, -0.2) is 4.98 Å². The number of rotatable bonds is 4. The predicted molar refractivity (Wildman–Crippen MR) is 104 cm³/mol. The van der Waals surface area contributed by atoms with E-state index in [4.69, 9.17) is 9.47 Å². The summed E-state index contributed by atoms with van der Waals surface area (Å²) < 4.78 is 10.7. The minimum absolute atomic E-state index is 0.250. The van der Waals surface area contributed by atoms with Crippen molar-refractivity contribution in [3.05, 3.63) is 60.4 Å². The molecule has 1 aliphatic rings. The molecular formula is C20H17N5O2. The number of anilines is 4. The van der Waals surface area contributed by atoms with E-state index in [1.54, 1.807) is 6.20 Å². The van der Waals surface area contributed by atoms with Gasteiger partial charge in [-0.15, -0.1) is 0 Å². The van der Waals surface area contributed by atoms with E-state index >= 15 is 0 Å². The average Bonchev–Trinajstić information content (AvgIpc) is 3.26. The minimum atomic E-state index is 0.250. The molecule has 1 aliphatic heterocycles. The molecule has 0 fully saturated rings. The standard InChI is InChI=1S/C20H17N5O2/c1-12-8-13-9-14(2-4-16(13)22-12)23-19-6-7-21-20(25-19)24-15-3-5-17-18(10-15)27-11-26-17/h2-10,22H,11H2,1H3,(H2,21,23,24,25). The van der Waals surface area contributed by atoms with Crippen LogP contribution in [-0.4, -0.2) is 21.7 Å². The second-order valence-electron chi connectivity index (χ2n) is 6.34. The lowest BCUT2D eigenvalue weighted by molar-refractivity contribution is 0.174. The van der Waals surface area contributed by atoms with Crippen LogP contribution in [0, 0.1) is 6.92 Å². The van der Waals surface area contributed by atoms with Crippen LogP contribution in [-0.2, 0) is 0 Å². The van der Waals surface area contributed by atoms with Gasteiger partial charge in [-0.2, -0.15) is 4.98 Å². The molecule has 3 heterocycles. The molecule has 0 atom stereocenters. The van der Waals surface area contributed by atoms with E-state index in [2.05, 4.69) is 43.8 Å². The summed E-state index contributed by atoms with van der Waals surface area (Å²) in [5.41, 5.74) is 4.06. The van der Waals surface area contributed by atoms with Crippen molar-refractivity contribution in [2.24, 2.45) is 0 Å². The molecule has 0 aliphatic carbocycles. The highest BCUT2D eigenvalue weighted by Gasteiger charge is 2.13. The zero-order valence-electron chi connectivity index (χ0n) is 14.6. The van der Waals surface area contributed by atoms with Gasteiger partial charge in [-0.1, -0.05) is 0 Å². The largest absolute Gasteiger partial charge is 0.454 e. The van der Waals surface area contributed by atoms with Gasteiger partial charge in [0, 0.05) is 40.2 Å². The molecule has 0 saturated heterocycles. The van der Waals surface area contributed by atoms with E-state index < -0.39 is 0 Å². The highest BCUT2D eigenvalue weighted by Crippen LogP contribution is 2.34. The van der Waals surface area contributed by atoms with E-state index in [9.17, 15) is 0 Å². The summed E-state index contributed by atoms with van der Waals surface area (Å²) in [7, 11) is 0. The fourth-order valence-electron chi connectivity index (χ4n) is 3.10. The third-order valence-electron chi connectivity index (χ3n) is 4.31. The molecule has 4 aromatic rings. The fraction of sp³-hybridized carbons (Fsp3) is 0.100. The lowest BCUT2D eigenvalue weighted by atomic mass is 10.2. The summed E-state index contributed by atoms with van der Waals surface area (Å²) in [4.78, 5) is 12.1. The molecule has 2 aromatic carbocycles. The Labute approximate surface area is 155 Å². The number of aromatic nitrogens is 3. The van der Waals surface area contributed by atoms with Gasteiger partial charge in [0.15, 0.2) is 11.5 Å². The number of nitrogens with zero attached hydrogens (tertiary/aromatic N) is 2. The quantitative estimate of drug-likeness (QED) is 0.498. The third-order valence-corrected chi connectivity index (χ3v) is 4.31. The van der Waals surface area contributed by atoms with Crippen LogP contribution < -0.4 is 20.1 Å². The van der Waals surface area contributed by atoms with Crippen molar-refractivity contribution in [2.75, 3.05) is 17.4 Å². The molecule has 7 nitrogen and oxygen atoms in total. The molecule has 3 N–H and O–H groups in total. The van der Waals surface area contributed by atoms with E-state index in [0.717, 1.165) is 33.7 Å². The first kappa shape index (κ1) is 15.5. The molecule has 0 bridgehead atoms. The van der Waals surface area contributed by atoms with Crippen molar-refractivity contribution >= 4 is 34.0 Å². The van der Waals surface area contributed by atoms with Crippen LogP contribution in [0.1, 0.15) is 5.69 Å². The van der Waals surface area contributed by atoms with Gasteiger partial charge < -0.3 is 25.1 Å². The van der Waals surface area contributed by atoms with Crippen LogP contribution in [0.3, 0.4) is 0 Å². The van der Waals surface area contributed by atoms with E-state index in [-0.39, 0.29) is 6.79 Å². The number of benzene rings is 2. The third kappa shape index (κ3) is 3.10. The van der Waals surface area contributed by atoms with Gasteiger partial charge in [-0.3, -0.25) is 0 Å². The Hall–Kier alpha value is -3.74. The van der Waals surface area contributed by atoms with Crippen molar-refractivity contribution in [3.63, 3.8) is 0 Å². The van der Waals surface area contributed by atoms with Crippen molar-refractivity contribution in [1.29, 1.82) is 0 Å². The zero-order chi connectivity index (χ0) is 18.2. The monoisotopic (exact) mass is 359 g/mol. The molecule has 0 spiro atoms. The molecule has 5 rings (SSSR count). The zero-order valence-corrected chi connectivity index (χ0v) is 14.6. The first-order chi connectivity index (χ1) is 13.2. The van der Waals surface area contributed by atoms with Gasteiger partial charge in [0.2, 0.25) is 12.7 Å². The van der Waals surface area contributed by atoms with Crippen LogP contribution in [0.25, 0.3) is 10.9 Å². The highest BCUT2D eigenvalue weighted by atomic mass is 16.7. The number of aromatic amines is 1. The Morgan fingerprint density at radius 2 is 1.78 bits per heavy atom. The molecule has 2 aromatic heterocycles. The van der Waals surface area contributed by atoms with E-state index in [1.807, 2.05) is 37.3 Å². The maximum Gasteiger partial charge on any atom is 0.231 e. The Kier molecular flexibility index (Phi) is 3.57. The predicted octanol–water partition coefficient (Wildman–Crippen LogP) is 4.48. The van der Waals surface area contributed by atoms with Crippen LogP contribution in [0.2, 0.25) is 0 Å². The molecule has 0 amide bonds. The maximum absolute atomic E-state index is 5.40. The topological polar surface area (TPSA) is 84.1 Å². The van der Waals surface area contributed by atoms with Gasteiger partial charge >= 0.3 is 0 Å². The Balaban J connectivity index is 1.36. The SMILES string of the molecule is Cc1cc2cc(Nc3ccnc(Nc4ccc5c(c4)OCO5)n3)ccc2[nH]1. The number of aryl methyl sites for hydroxylation is 1. The Morgan fingerprint density at radius 3 is 2.74 bits per heavy atom. The van der Waals surface area contributed by atoms with Crippen molar-refractivity contribution in [1.82, 2.24) is 15.0 Å². The van der Waals surface area contributed by atoms with Gasteiger partial charge in [-0.05, 0) is 49.4 Å². The molecule has 27 heavy (non-hydrogen) atoms. The Bertz CT molecular complexity index is 1140. The lowest BCUT2D eigenvalue weighted by Gasteiger charge is -2.09. The molecule has 0 radical (unpaired) electrons. The van der Waals surface area contributed by atoms with Crippen LogP contribution in [0.5, 0.6) is 11.5 Å². The van der Waals surface area contributed by atoms with Gasteiger partial charge in [0.1, 0.15) is 5.82 Å². The van der Waals surface area contributed by atoms with Crippen molar-refractivity contribution in [2.45, 2.75) is 6.92 Å². The number of nitrogens with one attached hydrogen (secondary N) is 3. The molecule has 0 saturated carbocycles. The summed E-state index contributed by atoms with van der Waals surface area (Å²) in [6, 6.07) is 15.7. The Morgan fingerprint density at radius 1 is 0.926 bits per heavy atom. The number of ether oxygens (including phenoxy) is 2. The van der Waals surface area contributed by atoms with Gasteiger partial charge in [0.05, 0.1) is 0 Å². The number of hydrogen-bond donors (Lipinski definition) is 3. The van der Waals surface area contributed by atoms with E-state index in [1.165, 1.54) is 0 Å². The summed E-state index contributed by atoms with van der Waals surface area (Å²) in [6.45, 7) is 2.30. The number of fused-ring (bicyclic) bond motifs is 2. The normalized spacial score (nSPS) is 12.3. The van der Waals surface area contributed by atoms with Crippen LogP contribution in [0.4, 0.5) is 23.1 Å². The fourth-order valence-corrected chi connectivity index (χ4v) is 3.10. The number of hydrogen-bond acceptors (Lipinski definition) is 6. The molecular weight excluding hydrogens is 342 g/mol. The summed E-state index contributed by atoms with van der Waals surface area (Å²) in [5.74, 6) is 2.66. The summed E-state index contributed by atoms with van der Waals surface area (Å²) in [6.07, 6.45) is 1.71. The molecule has 134 valence electrons. The van der Waals surface area contributed by atoms with E-state index in [0.29, 0.717) is 17.5 Å². The highest BCUT2D eigenvalue weighted by molar-refractivity contribution is 5.84. The summed E-state index contributed by atoms with van der Waals surface area (Å²) in [5, 5.41) is 7.67. The summed E-state index contributed by atoms with van der Waals surface area (Å²) >= 11 is 0.